The van der Waals surface area contributed by atoms with Crippen molar-refractivity contribution in [1.29, 1.82) is 0 Å². The predicted molar refractivity (Wildman–Crippen MR) is 104 cm³/mol. The maximum absolute atomic E-state index is 11.5. The van der Waals surface area contributed by atoms with Crippen molar-refractivity contribution in [2.24, 2.45) is 0 Å². The summed E-state index contributed by atoms with van der Waals surface area (Å²) in [5.74, 6) is 0.268. The summed E-state index contributed by atoms with van der Waals surface area (Å²) in [4.78, 5) is 13.9. The first kappa shape index (κ1) is 16.7. The number of carboxylic acids is 1. The lowest BCUT2D eigenvalue weighted by atomic mass is 10.1. The van der Waals surface area contributed by atoms with Gasteiger partial charge in [0.25, 0.3) is 0 Å². The zero-order valence-electron chi connectivity index (χ0n) is 15.2. The molecule has 3 heterocycles. The molecule has 2 aliphatic rings. The molecule has 0 bridgehead atoms. The van der Waals surface area contributed by atoms with Gasteiger partial charge in [-0.05, 0) is 61.4 Å². The number of hydrogen-bond acceptors (Lipinski definition) is 5. The van der Waals surface area contributed by atoms with Gasteiger partial charge in [-0.15, -0.1) is 0 Å². The number of rotatable bonds is 4. The fourth-order valence-electron chi connectivity index (χ4n) is 3.72. The first-order valence-corrected chi connectivity index (χ1v) is 9.28. The summed E-state index contributed by atoms with van der Waals surface area (Å²) >= 11 is 0. The highest BCUT2D eigenvalue weighted by Crippen LogP contribution is 2.36. The van der Waals surface area contributed by atoms with Gasteiger partial charge in [-0.1, -0.05) is 0 Å². The molecule has 142 valence electrons. The number of carbonyl (C=O) groups is 1. The van der Waals surface area contributed by atoms with E-state index in [9.17, 15) is 9.90 Å². The quantitative estimate of drug-likeness (QED) is 0.749. The molecule has 0 unspecified atom stereocenters. The minimum atomic E-state index is -1.06. The van der Waals surface area contributed by atoms with Crippen molar-refractivity contribution in [3.05, 3.63) is 54.2 Å². The Bertz CT molecular complexity index is 1040. The number of carboxylic acid groups (broad SMARTS) is 1. The summed E-state index contributed by atoms with van der Waals surface area (Å²) in [6, 6.07) is 15.2. The number of ether oxygens (including phenoxy) is 2. The fraction of sp³-hybridized carbons (Fsp3) is 0.238. The molecular formula is C21H19N3O4. The van der Waals surface area contributed by atoms with Crippen molar-refractivity contribution in [3.63, 3.8) is 0 Å². The Balaban J connectivity index is 1.56. The van der Waals surface area contributed by atoms with Crippen molar-refractivity contribution in [2.75, 3.05) is 24.8 Å². The maximum Gasteiger partial charge on any atom is 0.356 e. The van der Waals surface area contributed by atoms with Gasteiger partial charge in [0.1, 0.15) is 0 Å². The molecular weight excluding hydrogens is 358 g/mol. The molecule has 0 aliphatic carbocycles. The first-order chi connectivity index (χ1) is 13.7. The fourth-order valence-corrected chi connectivity index (χ4v) is 3.72. The average molecular weight is 377 g/mol. The summed E-state index contributed by atoms with van der Waals surface area (Å²) < 4.78 is 12.5. The molecule has 0 saturated carbocycles. The Morgan fingerprint density at radius 2 is 1.64 bits per heavy atom. The van der Waals surface area contributed by atoms with Gasteiger partial charge in [0, 0.05) is 24.3 Å². The lowest BCUT2D eigenvalue weighted by Crippen LogP contribution is -2.17. The van der Waals surface area contributed by atoms with Crippen LogP contribution in [0.25, 0.3) is 16.9 Å². The van der Waals surface area contributed by atoms with E-state index in [1.807, 2.05) is 30.3 Å². The highest BCUT2D eigenvalue weighted by Gasteiger charge is 2.20. The smallest absolute Gasteiger partial charge is 0.356 e. The van der Waals surface area contributed by atoms with E-state index in [-0.39, 0.29) is 12.5 Å². The first-order valence-electron chi connectivity index (χ1n) is 9.28. The summed E-state index contributed by atoms with van der Waals surface area (Å²) in [7, 11) is 0. The molecule has 0 atom stereocenters. The second-order valence-corrected chi connectivity index (χ2v) is 6.91. The summed E-state index contributed by atoms with van der Waals surface area (Å²) in [6.07, 6.45) is 2.44. The van der Waals surface area contributed by atoms with Crippen LogP contribution in [-0.4, -0.2) is 40.7 Å². The van der Waals surface area contributed by atoms with Gasteiger partial charge in [-0.25, -0.2) is 9.48 Å². The molecule has 1 saturated heterocycles. The predicted octanol–water partition coefficient (Wildman–Crippen LogP) is 3.57. The van der Waals surface area contributed by atoms with Gasteiger partial charge in [0.2, 0.25) is 6.79 Å². The van der Waals surface area contributed by atoms with Gasteiger partial charge < -0.3 is 19.5 Å². The number of nitrogens with zero attached hydrogens (tertiary/aromatic N) is 3. The topological polar surface area (TPSA) is 76.8 Å². The van der Waals surface area contributed by atoms with E-state index in [2.05, 4.69) is 22.1 Å². The Morgan fingerprint density at radius 3 is 2.39 bits per heavy atom. The molecule has 0 spiro atoms. The van der Waals surface area contributed by atoms with Crippen molar-refractivity contribution in [2.45, 2.75) is 12.8 Å². The molecule has 2 aromatic carbocycles. The second-order valence-electron chi connectivity index (χ2n) is 6.91. The number of anilines is 1. The Hall–Kier alpha value is -3.48. The highest BCUT2D eigenvalue weighted by molar-refractivity contribution is 5.87. The molecule has 3 aromatic rings. The van der Waals surface area contributed by atoms with Crippen LogP contribution >= 0.6 is 0 Å². The molecule has 7 heteroatoms. The van der Waals surface area contributed by atoms with Crippen LogP contribution in [0.3, 0.4) is 0 Å². The van der Waals surface area contributed by atoms with E-state index in [0.29, 0.717) is 17.2 Å². The van der Waals surface area contributed by atoms with Gasteiger partial charge in [0.05, 0.1) is 11.4 Å². The van der Waals surface area contributed by atoms with Crippen molar-refractivity contribution in [3.8, 4) is 28.4 Å². The lowest BCUT2D eigenvalue weighted by Gasteiger charge is -2.18. The van der Waals surface area contributed by atoms with Crippen LogP contribution in [-0.2, 0) is 0 Å². The van der Waals surface area contributed by atoms with Crippen LogP contribution in [0.5, 0.6) is 11.5 Å². The van der Waals surface area contributed by atoms with Gasteiger partial charge in [-0.3, -0.25) is 0 Å². The van der Waals surface area contributed by atoms with E-state index in [0.717, 1.165) is 24.3 Å². The van der Waals surface area contributed by atoms with E-state index >= 15 is 0 Å². The summed E-state index contributed by atoms with van der Waals surface area (Å²) in [6.45, 7) is 2.34. The summed E-state index contributed by atoms with van der Waals surface area (Å²) in [5, 5.41) is 13.7. The zero-order valence-corrected chi connectivity index (χ0v) is 15.2. The third kappa shape index (κ3) is 2.85. The molecule has 7 nitrogen and oxygen atoms in total. The standard InChI is InChI=1S/C21H19N3O4/c25-21(26)17-12-18(14-3-8-19-20(11-14)28-13-27-19)24(22-17)16-6-4-15(5-7-16)23-9-1-2-10-23/h3-8,11-12H,1-2,9-10,13H2,(H,25,26). The number of fused-ring (bicyclic) bond motifs is 1. The number of aromatic nitrogens is 2. The Morgan fingerprint density at radius 1 is 0.929 bits per heavy atom. The number of aromatic carboxylic acids is 1. The number of benzene rings is 2. The van der Waals surface area contributed by atoms with Gasteiger partial charge in [-0.2, -0.15) is 5.10 Å². The molecule has 1 N–H and O–H groups in total. The SMILES string of the molecule is O=C(O)c1cc(-c2ccc3c(c2)OCO3)n(-c2ccc(N3CCCC3)cc2)n1. The van der Waals surface area contributed by atoms with E-state index in [1.165, 1.54) is 18.5 Å². The van der Waals surface area contributed by atoms with Crippen molar-refractivity contribution >= 4 is 11.7 Å². The molecule has 5 rings (SSSR count). The molecule has 1 aromatic heterocycles. The van der Waals surface area contributed by atoms with Crippen LogP contribution in [0, 0.1) is 0 Å². The van der Waals surface area contributed by atoms with Crippen LogP contribution in [0.4, 0.5) is 5.69 Å². The molecule has 0 radical (unpaired) electrons. The summed E-state index contributed by atoms with van der Waals surface area (Å²) in [5.41, 5.74) is 3.48. The van der Waals surface area contributed by atoms with Crippen LogP contribution in [0.15, 0.2) is 48.5 Å². The van der Waals surface area contributed by atoms with Gasteiger partial charge in [0.15, 0.2) is 17.2 Å². The normalized spacial score (nSPS) is 15.2. The van der Waals surface area contributed by atoms with E-state index in [1.54, 1.807) is 10.7 Å². The molecule has 28 heavy (non-hydrogen) atoms. The average Bonchev–Trinajstić information content (AvgIpc) is 3.47. The van der Waals surface area contributed by atoms with Gasteiger partial charge >= 0.3 is 5.97 Å². The molecule has 2 aliphatic heterocycles. The lowest BCUT2D eigenvalue weighted by molar-refractivity contribution is 0.0690. The van der Waals surface area contributed by atoms with E-state index in [4.69, 9.17) is 9.47 Å². The second kappa shape index (κ2) is 6.60. The third-order valence-corrected chi connectivity index (χ3v) is 5.16. The largest absolute Gasteiger partial charge is 0.476 e. The van der Waals surface area contributed by atoms with Crippen molar-refractivity contribution < 1.29 is 19.4 Å². The van der Waals surface area contributed by atoms with Crippen LogP contribution < -0.4 is 14.4 Å². The van der Waals surface area contributed by atoms with Crippen molar-refractivity contribution in [1.82, 2.24) is 9.78 Å². The number of hydrogen-bond donors (Lipinski definition) is 1. The highest BCUT2D eigenvalue weighted by atomic mass is 16.7. The third-order valence-electron chi connectivity index (χ3n) is 5.16. The Labute approximate surface area is 161 Å². The zero-order chi connectivity index (χ0) is 19.1. The molecule has 0 amide bonds. The monoisotopic (exact) mass is 377 g/mol. The Kier molecular flexibility index (Phi) is 3.93. The van der Waals surface area contributed by atoms with Crippen LogP contribution in [0.1, 0.15) is 23.3 Å². The maximum atomic E-state index is 11.5. The van der Waals surface area contributed by atoms with Crippen LogP contribution in [0.2, 0.25) is 0 Å². The van der Waals surface area contributed by atoms with E-state index < -0.39 is 5.97 Å². The minimum absolute atomic E-state index is 0.00344. The molecule has 1 fully saturated rings. The minimum Gasteiger partial charge on any atom is -0.476 e.